The fraction of sp³-hybridized carbons (Fsp3) is 0.667. The molecule has 0 atom stereocenters. The maximum Gasteiger partial charge on any atom is 0.172 e. The molecule has 7 heavy (non-hydrogen) atoms. The highest BCUT2D eigenvalue weighted by Gasteiger charge is 1.94. The van der Waals surface area contributed by atoms with Gasteiger partial charge in [0.1, 0.15) is 6.54 Å². The lowest BCUT2D eigenvalue weighted by molar-refractivity contribution is -0.115. The van der Waals surface area contributed by atoms with Gasteiger partial charge in [0.25, 0.3) is 0 Å². The highest BCUT2D eigenvalue weighted by Crippen LogP contribution is 1.77. The van der Waals surface area contributed by atoms with Crippen molar-refractivity contribution in [2.45, 2.75) is 0 Å². The Morgan fingerprint density at radius 2 is 2.29 bits per heavy atom. The molecule has 0 aromatic rings. The Labute approximate surface area is 45.6 Å². The Kier molecular flexibility index (Phi) is 3.50. The van der Waals surface area contributed by atoms with Crippen molar-refractivity contribution in [3.63, 3.8) is 0 Å². The molecule has 0 aromatic heterocycles. The highest BCUT2D eigenvalue weighted by molar-refractivity contribution is 6.27. The summed E-state index contributed by atoms with van der Waals surface area (Å²) in [5.74, 6) is -0.456. The summed E-state index contributed by atoms with van der Waals surface area (Å²) in [6.07, 6.45) is 0. The molecule has 0 fully saturated rings. The number of hydrogen-bond acceptors (Lipinski definition) is 3. The average molecular weight is 122 g/mol. The van der Waals surface area contributed by atoms with E-state index < -0.39 is 0 Å². The van der Waals surface area contributed by atoms with E-state index in [-0.39, 0.29) is 18.2 Å². The van der Waals surface area contributed by atoms with Crippen LogP contribution in [0, 0.1) is 4.91 Å². The van der Waals surface area contributed by atoms with Gasteiger partial charge in [-0.1, -0.05) is 5.18 Å². The monoisotopic (exact) mass is 121 g/mol. The molecule has 4 heteroatoms. The average Bonchev–Trinajstić information content (AvgIpc) is 1.68. The minimum atomic E-state index is -0.336. The Hall–Kier alpha value is -0.440. The SMILES string of the molecule is O=NCC(=O)CCl. The van der Waals surface area contributed by atoms with Crippen molar-refractivity contribution < 1.29 is 4.79 Å². The summed E-state index contributed by atoms with van der Waals surface area (Å²) < 4.78 is 0. The van der Waals surface area contributed by atoms with E-state index in [1.54, 1.807) is 0 Å². The van der Waals surface area contributed by atoms with Gasteiger partial charge in [0, 0.05) is 0 Å². The molecule has 0 aliphatic carbocycles. The van der Waals surface area contributed by atoms with Gasteiger partial charge in [-0.05, 0) is 0 Å². The maximum atomic E-state index is 9.99. The Bertz CT molecular complexity index is 83.0. The van der Waals surface area contributed by atoms with Crippen LogP contribution in [0.4, 0.5) is 0 Å². The van der Waals surface area contributed by atoms with Crippen molar-refractivity contribution in [2.24, 2.45) is 5.18 Å². The lowest BCUT2D eigenvalue weighted by atomic mass is 10.5. The molecule has 0 heterocycles. The van der Waals surface area contributed by atoms with Crippen molar-refractivity contribution in [2.75, 3.05) is 12.4 Å². The van der Waals surface area contributed by atoms with E-state index in [1.165, 1.54) is 0 Å². The number of nitrogens with zero attached hydrogens (tertiary/aromatic N) is 1. The third kappa shape index (κ3) is 3.39. The van der Waals surface area contributed by atoms with Crippen LogP contribution in [0.1, 0.15) is 0 Å². The lowest BCUT2D eigenvalue weighted by Crippen LogP contribution is -2.01. The molecule has 0 spiro atoms. The minimum Gasteiger partial charge on any atom is -0.296 e. The summed E-state index contributed by atoms with van der Waals surface area (Å²) in [6, 6.07) is 0. The normalized spacial score (nSPS) is 8.14. The third-order valence-electron chi connectivity index (χ3n) is 0.390. The number of Topliss-reactive ketones (excluding diaryl/α,β-unsaturated/α-hetero) is 1. The van der Waals surface area contributed by atoms with E-state index in [9.17, 15) is 9.70 Å². The molecule has 0 bridgehead atoms. The van der Waals surface area contributed by atoms with E-state index in [2.05, 4.69) is 5.18 Å². The summed E-state index contributed by atoms with van der Waals surface area (Å²) in [5.41, 5.74) is 0. The smallest absolute Gasteiger partial charge is 0.172 e. The van der Waals surface area contributed by atoms with Crippen molar-refractivity contribution >= 4 is 17.4 Å². The first-order valence-electron chi connectivity index (χ1n) is 1.68. The third-order valence-corrected chi connectivity index (χ3v) is 0.688. The number of ketones is 1. The van der Waals surface area contributed by atoms with Crippen LogP contribution in [0.5, 0.6) is 0 Å². The van der Waals surface area contributed by atoms with Crippen molar-refractivity contribution in [3.05, 3.63) is 4.91 Å². The number of carbonyl (C=O) groups excluding carboxylic acids is 1. The Balaban J connectivity index is 3.17. The van der Waals surface area contributed by atoms with E-state index in [1.807, 2.05) is 0 Å². The van der Waals surface area contributed by atoms with Gasteiger partial charge in [-0.2, -0.15) is 4.91 Å². The fourth-order valence-corrected chi connectivity index (χ4v) is 0.199. The molecule has 40 valence electrons. The second-order valence-corrected chi connectivity index (χ2v) is 1.23. The second kappa shape index (κ2) is 3.74. The Morgan fingerprint density at radius 3 is 2.43 bits per heavy atom. The molecule has 0 unspecified atom stereocenters. The first kappa shape index (κ1) is 6.56. The van der Waals surface area contributed by atoms with Gasteiger partial charge in [-0.3, -0.25) is 4.79 Å². The number of nitroso groups, excluding NO2 is 1. The summed E-state index contributed by atoms with van der Waals surface area (Å²) in [6.45, 7) is -0.302. The van der Waals surface area contributed by atoms with Gasteiger partial charge in [0.2, 0.25) is 0 Å². The molecule has 0 aromatic carbocycles. The summed E-state index contributed by atoms with van der Waals surface area (Å²) in [7, 11) is 0. The zero-order chi connectivity index (χ0) is 5.70. The number of alkyl halides is 1. The zero-order valence-corrected chi connectivity index (χ0v) is 4.31. The molecule has 0 saturated heterocycles. The molecular formula is C3H4ClNO2. The molecule has 0 N–H and O–H groups in total. The molecule has 0 radical (unpaired) electrons. The van der Waals surface area contributed by atoms with Crippen molar-refractivity contribution in [1.82, 2.24) is 0 Å². The van der Waals surface area contributed by atoms with Gasteiger partial charge in [-0.25, -0.2) is 0 Å². The van der Waals surface area contributed by atoms with Crippen LogP contribution in [0.15, 0.2) is 5.18 Å². The number of carbonyl (C=O) groups is 1. The quantitative estimate of drug-likeness (QED) is 0.405. The number of hydrogen-bond donors (Lipinski definition) is 0. The topological polar surface area (TPSA) is 46.5 Å². The second-order valence-electron chi connectivity index (χ2n) is 0.960. The van der Waals surface area contributed by atoms with Crippen LogP contribution < -0.4 is 0 Å². The first-order valence-corrected chi connectivity index (χ1v) is 2.21. The van der Waals surface area contributed by atoms with Crippen LogP contribution in [-0.2, 0) is 4.79 Å². The number of rotatable bonds is 3. The van der Waals surface area contributed by atoms with Gasteiger partial charge < -0.3 is 0 Å². The zero-order valence-electron chi connectivity index (χ0n) is 3.56. The van der Waals surface area contributed by atoms with Crippen LogP contribution in [0.3, 0.4) is 0 Å². The van der Waals surface area contributed by atoms with Crippen LogP contribution in [0.25, 0.3) is 0 Å². The Morgan fingerprint density at radius 1 is 1.71 bits per heavy atom. The molecule has 0 amide bonds. The van der Waals surface area contributed by atoms with Gasteiger partial charge >= 0.3 is 0 Å². The maximum absolute atomic E-state index is 9.99. The molecule has 0 aliphatic rings. The molecule has 0 saturated carbocycles. The summed E-state index contributed by atoms with van der Waals surface area (Å²) in [4.78, 5) is 19.2. The summed E-state index contributed by atoms with van der Waals surface area (Å²) in [5, 5.41) is 2.32. The largest absolute Gasteiger partial charge is 0.296 e. The number of halogens is 1. The predicted molar refractivity (Wildman–Crippen MR) is 26.4 cm³/mol. The van der Waals surface area contributed by atoms with Crippen LogP contribution in [0.2, 0.25) is 0 Å². The fourth-order valence-electron chi connectivity index (χ4n) is 0.114. The molecular weight excluding hydrogens is 117 g/mol. The van der Waals surface area contributed by atoms with E-state index in [4.69, 9.17) is 11.6 Å². The van der Waals surface area contributed by atoms with Crippen molar-refractivity contribution in [1.29, 1.82) is 0 Å². The predicted octanol–water partition coefficient (Wildman–Crippen LogP) is 0.561. The van der Waals surface area contributed by atoms with Crippen LogP contribution >= 0.6 is 11.6 Å². The van der Waals surface area contributed by atoms with Crippen LogP contribution in [-0.4, -0.2) is 18.2 Å². The standard InChI is InChI=1S/C3H4ClNO2/c4-1-3(6)2-5-7/h1-2H2. The minimum absolute atomic E-state index is 0.119. The molecule has 0 aliphatic heterocycles. The lowest BCUT2D eigenvalue weighted by Gasteiger charge is -1.78. The summed E-state index contributed by atoms with van der Waals surface area (Å²) >= 11 is 4.98. The van der Waals surface area contributed by atoms with Gasteiger partial charge in [-0.15, -0.1) is 11.6 Å². The molecule has 3 nitrogen and oxygen atoms in total. The highest BCUT2D eigenvalue weighted by atomic mass is 35.5. The van der Waals surface area contributed by atoms with Gasteiger partial charge in [0.15, 0.2) is 5.78 Å². The van der Waals surface area contributed by atoms with Gasteiger partial charge in [0.05, 0.1) is 5.88 Å². The van der Waals surface area contributed by atoms with Crippen molar-refractivity contribution in [3.8, 4) is 0 Å². The van der Waals surface area contributed by atoms with E-state index in [0.717, 1.165) is 0 Å². The van der Waals surface area contributed by atoms with E-state index in [0.29, 0.717) is 0 Å². The van der Waals surface area contributed by atoms with E-state index >= 15 is 0 Å². The first-order chi connectivity index (χ1) is 3.31. The molecule has 0 rings (SSSR count).